The van der Waals surface area contributed by atoms with Crippen molar-refractivity contribution in [1.82, 2.24) is 10.3 Å². The summed E-state index contributed by atoms with van der Waals surface area (Å²) >= 11 is 1.09. The Bertz CT molecular complexity index is 914. The van der Waals surface area contributed by atoms with E-state index < -0.39 is 39.3 Å². The van der Waals surface area contributed by atoms with Gasteiger partial charge >= 0.3 is 6.03 Å². The van der Waals surface area contributed by atoms with E-state index in [0.29, 0.717) is 16.1 Å². The van der Waals surface area contributed by atoms with Crippen LogP contribution in [0.1, 0.15) is 5.69 Å². The summed E-state index contributed by atoms with van der Waals surface area (Å²) in [6.07, 6.45) is -0.143. The number of hydrogen-bond donors (Lipinski definition) is 4. The fourth-order valence-corrected chi connectivity index (χ4v) is 3.78. The molecule has 0 bridgehead atoms. The molecule has 0 radical (unpaired) electrons. The molecule has 1 aromatic heterocycles. The maximum absolute atomic E-state index is 13.7. The number of halogens is 1. The van der Waals surface area contributed by atoms with Crippen molar-refractivity contribution < 1.29 is 27.8 Å². The van der Waals surface area contributed by atoms with Crippen molar-refractivity contribution in [3.8, 4) is 10.4 Å². The van der Waals surface area contributed by atoms with Crippen molar-refractivity contribution in [3.63, 3.8) is 0 Å². The second-order valence-corrected chi connectivity index (χ2v) is 8.51. The lowest BCUT2D eigenvalue weighted by Gasteiger charge is -2.08. The summed E-state index contributed by atoms with van der Waals surface area (Å²) in [7, 11) is -3.72. The first kappa shape index (κ1) is 20.2. The van der Waals surface area contributed by atoms with Crippen LogP contribution in [0.5, 0.6) is 0 Å². The van der Waals surface area contributed by atoms with Gasteiger partial charge in [-0.2, -0.15) is 0 Å². The van der Waals surface area contributed by atoms with Crippen LogP contribution in [0.2, 0.25) is 0 Å². The van der Waals surface area contributed by atoms with Crippen LogP contribution in [0.4, 0.5) is 14.3 Å². The number of aliphatic hydroxyl groups excluding tert-OH is 2. The third-order valence-electron chi connectivity index (χ3n) is 3.32. The van der Waals surface area contributed by atoms with Gasteiger partial charge in [-0.25, -0.2) is 22.6 Å². The van der Waals surface area contributed by atoms with Gasteiger partial charge in [0.05, 0.1) is 23.3 Å². The minimum absolute atomic E-state index is 0.130. The van der Waals surface area contributed by atoms with Crippen molar-refractivity contribution in [2.75, 3.05) is 24.7 Å². The Balaban J connectivity index is 2.22. The van der Waals surface area contributed by atoms with E-state index in [4.69, 9.17) is 5.11 Å². The van der Waals surface area contributed by atoms with Crippen molar-refractivity contribution in [1.29, 1.82) is 0 Å². The minimum Gasteiger partial charge on any atom is -0.394 e. The molecule has 26 heavy (non-hydrogen) atoms. The molecule has 0 aliphatic heterocycles. The van der Waals surface area contributed by atoms with Crippen LogP contribution in [0, 0.1) is 12.7 Å². The monoisotopic (exact) mass is 403 g/mol. The molecule has 0 spiro atoms. The van der Waals surface area contributed by atoms with E-state index >= 15 is 0 Å². The molecule has 2 aromatic rings. The van der Waals surface area contributed by atoms with Crippen molar-refractivity contribution in [3.05, 3.63) is 29.7 Å². The fourth-order valence-electron chi connectivity index (χ4n) is 2.06. The van der Waals surface area contributed by atoms with Gasteiger partial charge in [-0.1, -0.05) is 17.4 Å². The number of hydrogen-bond acceptors (Lipinski definition) is 7. The predicted octanol–water partition coefficient (Wildman–Crippen LogP) is 1.14. The van der Waals surface area contributed by atoms with Gasteiger partial charge in [0.15, 0.2) is 15.0 Å². The van der Waals surface area contributed by atoms with Crippen molar-refractivity contribution in [2.45, 2.75) is 17.9 Å². The Morgan fingerprint density at radius 3 is 2.73 bits per heavy atom. The molecule has 2 amide bonds. The topological polar surface area (TPSA) is 129 Å². The molecule has 1 aromatic carbocycles. The number of thiazole rings is 1. The van der Waals surface area contributed by atoms with Crippen molar-refractivity contribution in [2.24, 2.45) is 0 Å². The highest BCUT2D eigenvalue weighted by Gasteiger charge is 2.18. The zero-order chi connectivity index (χ0) is 19.5. The summed E-state index contributed by atoms with van der Waals surface area (Å²) < 4.78 is 37.1. The molecule has 142 valence electrons. The third-order valence-corrected chi connectivity index (χ3v) is 5.55. The summed E-state index contributed by atoms with van der Waals surface area (Å²) in [6, 6.07) is 3.12. The quantitative estimate of drug-likeness (QED) is 0.572. The molecule has 11 heteroatoms. The Morgan fingerprint density at radius 1 is 1.42 bits per heavy atom. The van der Waals surface area contributed by atoms with E-state index in [1.807, 2.05) is 0 Å². The normalized spacial score (nSPS) is 12.7. The van der Waals surface area contributed by atoms with Gasteiger partial charge in [0.1, 0.15) is 10.7 Å². The van der Waals surface area contributed by atoms with Crippen LogP contribution in [-0.2, 0) is 9.84 Å². The van der Waals surface area contributed by atoms with E-state index in [2.05, 4.69) is 15.6 Å². The summed E-state index contributed by atoms with van der Waals surface area (Å²) in [4.78, 5) is 16.1. The van der Waals surface area contributed by atoms with Gasteiger partial charge in [-0.15, -0.1) is 0 Å². The Morgan fingerprint density at radius 2 is 2.12 bits per heavy atom. The minimum atomic E-state index is -3.72. The van der Waals surface area contributed by atoms with Gasteiger partial charge in [0, 0.05) is 12.8 Å². The van der Waals surface area contributed by atoms with Crippen LogP contribution < -0.4 is 10.6 Å². The first-order chi connectivity index (χ1) is 12.1. The smallest absolute Gasteiger partial charge is 0.321 e. The molecule has 0 fully saturated rings. The van der Waals surface area contributed by atoms with E-state index in [1.165, 1.54) is 12.1 Å². The van der Waals surface area contributed by atoms with Crippen LogP contribution >= 0.6 is 11.3 Å². The van der Waals surface area contributed by atoms with E-state index in [0.717, 1.165) is 23.7 Å². The average molecular weight is 403 g/mol. The number of aryl methyl sites for hydroxylation is 1. The zero-order valence-electron chi connectivity index (χ0n) is 14.0. The number of amides is 2. The van der Waals surface area contributed by atoms with Crippen LogP contribution in [-0.4, -0.2) is 55.2 Å². The van der Waals surface area contributed by atoms with Gasteiger partial charge < -0.3 is 15.5 Å². The lowest BCUT2D eigenvalue weighted by Crippen LogP contribution is -2.36. The highest BCUT2D eigenvalue weighted by molar-refractivity contribution is 7.90. The Labute approximate surface area is 153 Å². The van der Waals surface area contributed by atoms with Gasteiger partial charge in [0.25, 0.3) is 0 Å². The maximum atomic E-state index is 13.7. The largest absolute Gasteiger partial charge is 0.394 e. The predicted molar refractivity (Wildman–Crippen MR) is 95.5 cm³/mol. The first-order valence-electron chi connectivity index (χ1n) is 7.43. The molecule has 4 N–H and O–H groups in total. The van der Waals surface area contributed by atoms with E-state index in [-0.39, 0.29) is 11.7 Å². The lowest BCUT2D eigenvalue weighted by molar-refractivity contribution is 0.0965. The zero-order valence-corrected chi connectivity index (χ0v) is 15.6. The van der Waals surface area contributed by atoms with Gasteiger partial charge in [-0.05, 0) is 24.6 Å². The SMILES string of the molecule is Cc1nc(NC(=O)NCC(O)CO)sc1-c1ccc(F)c(S(C)(=O)=O)c1. The molecule has 0 aliphatic carbocycles. The number of nitrogens with one attached hydrogen (secondary N) is 2. The number of urea groups is 1. The van der Waals surface area contributed by atoms with Crippen LogP contribution in [0.15, 0.2) is 23.1 Å². The first-order valence-corrected chi connectivity index (χ1v) is 10.1. The highest BCUT2D eigenvalue weighted by atomic mass is 32.2. The summed E-state index contributed by atoms with van der Waals surface area (Å²) in [5.74, 6) is -0.835. The number of aromatic nitrogens is 1. The number of carbonyl (C=O) groups excluding carboxylic acids is 1. The lowest BCUT2D eigenvalue weighted by atomic mass is 10.1. The summed E-state index contributed by atoms with van der Waals surface area (Å²) in [5, 5.41) is 23.0. The van der Waals surface area contributed by atoms with E-state index in [9.17, 15) is 22.7 Å². The number of benzene rings is 1. The molecule has 1 atom stereocenters. The molecule has 2 rings (SSSR count). The molecular formula is C15H18FN3O5S2. The number of anilines is 1. The van der Waals surface area contributed by atoms with Gasteiger partial charge in [0.2, 0.25) is 0 Å². The molecule has 0 aliphatic rings. The number of carbonyl (C=O) groups is 1. The average Bonchev–Trinajstić information content (AvgIpc) is 2.92. The maximum Gasteiger partial charge on any atom is 0.321 e. The van der Waals surface area contributed by atoms with Crippen molar-refractivity contribution >= 4 is 32.3 Å². The Hall–Kier alpha value is -2.08. The summed E-state index contributed by atoms with van der Waals surface area (Å²) in [6.45, 7) is 1.07. The molecule has 0 saturated carbocycles. The highest BCUT2D eigenvalue weighted by Crippen LogP contribution is 2.34. The number of aliphatic hydroxyl groups is 2. The van der Waals surface area contributed by atoms with Gasteiger partial charge in [-0.3, -0.25) is 5.32 Å². The van der Waals surface area contributed by atoms with E-state index in [1.54, 1.807) is 6.92 Å². The molecule has 1 unspecified atom stereocenters. The van der Waals surface area contributed by atoms with Crippen LogP contribution in [0.25, 0.3) is 10.4 Å². The molecule has 8 nitrogen and oxygen atoms in total. The molecular weight excluding hydrogens is 385 g/mol. The fraction of sp³-hybridized carbons (Fsp3) is 0.333. The standard InChI is InChI=1S/C15H18FN3O5S2/c1-8-13(9-3-4-11(16)12(5-9)26(2,23)24)25-15(18-8)19-14(22)17-6-10(21)7-20/h3-5,10,20-21H,6-7H2,1-2H3,(H2,17,18,19,22). The Kier molecular flexibility index (Phi) is 6.29. The second kappa shape index (κ2) is 8.08. The van der Waals surface area contributed by atoms with Crippen LogP contribution in [0.3, 0.4) is 0 Å². The number of sulfone groups is 1. The second-order valence-electron chi connectivity index (χ2n) is 5.52. The third kappa shape index (κ3) is 4.97. The molecule has 0 saturated heterocycles. The molecule has 1 heterocycles. The number of rotatable bonds is 6. The number of nitrogens with zero attached hydrogens (tertiary/aromatic N) is 1. The summed E-state index contributed by atoms with van der Waals surface area (Å²) in [5.41, 5.74) is 0.998.